The highest BCUT2D eigenvalue weighted by Crippen LogP contribution is 2.21. The molecule has 36 heavy (non-hydrogen) atoms. The topological polar surface area (TPSA) is 0 Å². The largest absolute Gasteiger partial charge is 0.0617 e. The summed E-state index contributed by atoms with van der Waals surface area (Å²) in [5.41, 5.74) is 9.35. The first kappa shape index (κ1) is 24.6. The zero-order valence-electron chi connectivity index (χ0n) is 21.4. The van der Waals surface area contributed by atoms with Crippen LogP contribution in [0.1, 0.15) is 44.5 Å². The summed E-state index contributed by atoms with van der Waals surface area (Å²) in [6.45, 7) is 8.39. The van der Waals surface area contributed by atoms with Gasteiger partial charge in [0.05, 0.1) is 0 Å². The zero-order chi connectivity index (χ0) is 25.3. The average Bonchev–Trinajstić information content (AvgIpc) is 2.90. The van der Waals surface area contributed by atoms with Crippen LogP contribution in [0.15, 0.2) is 109 Å². The molecule has 0 radical (unpaired) electrons. The van der Waals surface area contributed by atoms with E-state index in [1.165, 1.54) is 33.0 Å². The monoisotopic (exact) mass is 462 g/mol. The van der Waals surface area contributed by atoms with Crippen molar-refractivity contribution in [1.82, 2.24) is 0 Å². The third kappa shape index (κ3) is 6.76. The molecule has 0 heterocycles. The van der Waals surface area contributed by atoms with Crippen LogP contribution in [0.3, 0.4) is 0 Å². The number of aryl methyl sites for hydroxylation is 4. The molecule has 0 spiro atoms. The second kappa shape index (κ2) is 11.8. The summed E-state index contributed by atoms with van der Waals surface area (Å²) in [6.07, 6.45) is 0. The molecule has 0 aliphatic heterocycles. The van der Waals surface area contributed by atoms with E-state index in [-0.39, 0.29) is 0 Å². The molecular weight excluding hydrogens is 432 g/mol. The fourth-order valence-corrected chi connectivity index (χ4v) is 3.75. The number of benzene rings is 5. The minimum Gasteiger partial charge on any atom is -0.0617 e. The van der Waals surface area contributed by atoms with Crippen LogP contribution in [0, 0.1) is 51.4 Å². The first-order valence-corrected chi connectivity index (χ1v) is 12.2. The molecule has 0 aromatic heterocycles. The van der Waals surface area contributed by atoms with Gasteiger partial charge in [-0.3, -0.25) is 0 Å². The van der Waals surface area contributed by atoms with Crippen molar-refractivity contribution in [2.24, 2.45) is 0 Å². The highest BCUT2D eigenvalue weighted by molar-refractivity contribution is 5.90. The molecule has 5 rings (SSSR count). The molecule has 0 atom stereocenters. The molecular formula is C36H30. The molecule has 5 aromatic rings. The van der Waals surface area contributed by atoms with E-state index >= 15 is 0 Å². The lowest BCUT2D eigenvalue weighted by molar-refractivity contribution is 1.45. The number of rotatable bonds is 0. The van der Waals surface area contributed by atoms with E-state index in [0.29, 0.717) is 0 Å². The first-order valence-electron chi connectivity index (χ1n) is 12.2. The Morgan fingerprint density at radius 1 is 0.361 bits per heavy atom. The standard InChI is InChI=1S/C20H16.C16H14/c1-15-7-10-17(11-8-15)12-14-18-13-9-16(2)19-5-3-4-6-20(18)19;1-13-3-7-15(8-4-13)11-12-16-9-5-14(2)6-10-16/h3-11,13H,1-2H3;3-10H,1-2H3. The average molecular weight is 463 g/mol. The van der Waals surface area contributed by atoms with Crippen molar-refractivity contribution in [3.05, 3.63) is 154 Å². The van der Waals surface area contributed by atoms with Gasteiger partial charge < -0.3 is 0 Å². The molecule has 174 valence electrons. The maximum Gasteiger partial charge on any atom is 0.0327 e. The van der Waals surface area contributed by atoms with E-state index < -0.39 is 0 Å². The van der Waals surface area contributed by atoms with Crippen molar-refractivity contribution < 1.29 is 0 Å². The predicted octanol–water partition coefficient (Wildman–Crippen LogP) is 8.56. The van der Waals surface area contributed by atoms with Crippen LogP contribution in [0.5, 0.6) is 0 Å². The Balaban J connectivity index is 0.000000174. The van der Waals surface area contributed by atoms with Crippen LogP contribution >= 0.6 is 0 Å². The summed E-state index contributed by atoms with van der Waals surface area (Å²) in [5, 5.41) is 2.51. The van der Waals surface area contributed by atoms with Crippen LogP contribution in [-0.2, 0) is 0 Å². The van der Waals surface area contributed by atoms with Gasteiger partial charge in [0.25, 0.3) is 0 Å². The van der Waals surface area contributed by atoms with Crippen LogP contribution in [0.4, 0.5) is 0 Å². The Morgan fingerprint density at radius 2 is 0.750 bits per heavy atom. The van der Waals surface area contributed by atoms with Gasteiger partial charge in [-0.1, -0.05) is 107 Å². The third-order valence-electron chi connectivity index (χ3n) is 5.99. The van der Waals surface area contributed by atoms with Crippen molar-refractivity contribution >= 4 is 10.8 Å². The lowest BCUT2D eigenvalue weighted by atomic mass is 10.0. The second-order valence-corrected chi connectivity index (χ2v) is 9.07. The van der Waals surface area contributed by atoms with Crippen molar-refractivity contribution in [3.8, 4) is 23.7 Å². The summed E-state index contributed by atoms with van der Waals surface area (Å²) >= 11 is 0. The lowest BCUT2D eigenvalue weighted by Crippen LogP contribution is -1.83. The third-order valence-corrected chi connectivity index (χ3v) is 5.99. The summed E-state index contributed by atoms with van der Waals surface area (Å²) in [5.74, 6) is 12.9. The maximum atomic E-state index is 3.30. The molecule has 0 amide bonds. The van der Waals surface area contributed by atoms with E-state index in [4.69, 9.17) is 0 Å². The molecule has 0 saturated carbocycles. The molecule has 0 bridgehead atoms. The Bertz CT molecular complexity index is 1530. The van der Waals surface area contributed by atoms with Gasteiger partial charge in [-0.25, -0.2) is 0 Å². The first-order chi connectivity index (χ1) is 17.5. The minimum atomic E-state index is 1.06. The van der Waals surface area contributed by atoms with Crippen LogP contribution < -0.4 is 0 Å². The van der Waals surface area contributed by atoms with Crippen LogP contribution in [0.25, 0.3) is 10.8 Å². The van der Waals surface area contributed by atoms with Gasteiger partial charge in [-0.05, 0) is 86.5 Å². The molecule has 0 N–H and O–H groups in total. The Hall–Kier alpha value is -4.52. The van der Waals surface area contributed by atoms with E-state index in [0.717, 1.165) is 22.3 Å². The van der Waals surface area contributed by atoms with Gasteiger partial charge in [0, 0.05) is 22.3 Å². The quantitative estimate of drug-likeness (QED) is 0.202. The molecule has 0 unspecified atom stereocenters. The fourth-order valence-electron chi connectivity index (χ4n) is 3.75. The number of fused-ring (bicyclic) bond motifs is 1. The van der Waals surface area contributed by atoms with Gasteiger partial charge in [-0.2, -0.15) is 0 Å². The zero-order valence-corrected chi connectivity index (χ0v) is 21.4. The molecule has 0 fully saturated rings. The van der Waals surface area contributed by atoms with E-state index in [9.17, 15) is 0 Å². The SMILES string of the molecule is Cc1ccc(C#Cc2ccc(C)c3ccccc23)cc1.Cc1ccc(C#Cc2ccc(C)cc2)cc1. The van der Waals surface area contributed by atoms with Gasteiger partial charge in [0.15, 0.2) is 0 Å². The van der Waals surface area contributed by atoms with Crippen molar-refractivity contribution in [2.45, 2.75) is 27.7 Å². The van der Waals surface area contributed by atoms with Crippen LogP contribution in [0.2, 0.25) is 0 Å². The summed E-state index contributed by atoms with van der Waals surface area (Å²) in [7, 11) is 0. The Kier molecular flexibility index (Phi) is 8.03. The van der Waals surface area contributed by atoms with Crippen molar-refractivity contribution in [3.63, 3.8) is 0 Å². The molecule has 0 aliphatic rings. The molecule has 0 aliphatic carbocycles. The van der Waals surface area contributed by atoms with E-state index in [2.05, 4.69) is 161 Å². The summed E-state index contributed by atoms with van der Waals surface area (Å²) in [6, 6.07) is 37.6. The lowest BCUT2D eigenvalue weighted by Gasteiger charge is -2.03. The van der Waals surface area contributed by atoms with Gasteiger partial charge in [-0.15, -0.1) is 0 Å². The minimum absolute atomic E-state index is 1.06. The summed E-state index contributed by atoms with van der Waals surface area (Å²) < 4.78 is 0. The van der Waals surface area contributed by atoms with Crippen molar-refractivity contribution in [1.29, 1.82) is 0 Å². The van der Waals surface area contributed by atoms with E-state index in [1.807, 2.05) is 0 Å². The fraction of sp³-hybridized carbons (Fsp3) is 0.111. The molecule has 0 heteroatoms. The van der Waals surface area contributed by atoms with Crippen LogP contribution in [-0.4, -0.2) is 0 Å². The Labute approximate surface area is 215 Å². The number of hydrogen-bond acceptors (Lipinski definition) is 0. The molecule has 0 nitrogen and oxygen atoms in total. The normalized spacial score (nSPS) is 9.78. The maximum absolute atomic E-state index is 3.30. The van der Waals surface area contributed by atoms with Gasteiger partial charge >= 0.3 is 0 Å². The smallest absolute Gasteiger partial charge is 0.0327 e. The number of hydrogen-bond donors (Lipinski definition) is 0. The highest BCUT2D eigenvalue weighted by atomic mass is 14.0. The summed E-state index contributed by atoms with van der Waals surface area (Å²) in [4.78, 5) is 0. The second-order valence-electron chi connectivity index (χ2n) is 9.07. The molecule has 0 saturated heterocycles. The highest BCUT2D eigenvalue weighted by Gasteiger charge is 2.00. The molecule has 5 aromatic carbocycles. The van der Waals surface area contributed by atoms with Crippen molar-refractivity contribution in [2.75, 3.05) is 0 Å². The van der Waals surface area contributed by atoms with E-state index in [1.54, 1.807) is 0 Å². The van der Waals surface area contributed by atoms with Gasteiger partial charge in [0.1, 0.15) is 0 Å². The Morgan fingerprint density at radius 3 is 1.19 bits per heavy atom. The van der Waals surface area contributed by atoms with Gasteiger partial charge in [0.2, 0.25) is 0 Å². The predicted molar refractivity (Wildman–Crippen MR) is 154 cm³/mol.